The summed E-state index contributed by atoms with van der Waals surface area (Å²) in [5.74, 6) is -0.661. The number of hydrogen-bond acceptors (Lipinski definition) is 4. The van der Waals surface area contributed by atoms with E-state index in [1.165, 1.54) is 6.92 Å². The van der Waals surface area contributed by atoms with E-state index < -0.39 is 15.9 Å². The van der Waals surface area contributed by atoms with Crippen LogP contribution in [0, 0.1) is 0 Å². The van der Waals surface area contributed by atoms with Crippen LogP contribution in [0.15, 0.2) is 48.5 Å². The molecule has 0 saturated carbocycles. The number of benzene rings is 2. The minimum absolute atomic E-state index is 0.0603. The zero-order valence-electron chi connectivity index (χ0n) is 17.3. The number of rotatable bonds is 6. The number of carbonyl (C=O) groups is 2. The number of nitrogens with one attached hydrogen (secondary N) is 2. The Morgan fingerprint density at radius 3 is 1.79 bits per heavy atom. The zero-order valence-corrected chi connectivity index (χ0v) is 18.1. The predicted molar refractivity (Wildman–Crippen MR) is 117 cm³/mol. The fourth-order valence-corrected chi connectivity index (χ4v) is 3.56. The summed E-state index contributed by atoms with van der Waals surface area (Å²) in [6.45, 7) is 7.27. The first-order valence-electron chi connectivity index (χ1n) is 9.12. The Labute approximate surface area is 172 Å². The molecule has 0 unspecified atom stereocenters. The third kappa shape index (κ3) is 6.60. The van der Waals surface area contributed by atoms with E-state index in [-0.39, 0.29) is 17.9 Å². The van der Waals surface area contributed by atoms with E-state index in [2.05, 4.69) is 31.4 Å². The molecule has 8 heteroatoms. The lowest BCUT2D eigenvalue weighted by Crippen LogP contribution is -2.37. The lowest BCUT2D eigenvalue weighted by molar-refractivity contribution is -0.115. The van der Waals surface area contributed by atoms with Gasteiger partial charge in [-0.05, 0) is 47.4 Å². The van der Waals surface area contributed by atoms with Gasteiger partial charge in [0.15, 0.2) is 0 Å². The zero-order chi connectivity index (χ0) is 21.8. The average Bonchev–Trinajstić information content (AvgIpc) is 2.59. The molecule has 0 spiro atoms. The molecule has 2 N–H and O–H groups in total. The van der Waals surface area contributed by atoms with Crippen molar-refractivity contribution in [2.75, 3.05) is 27.7 Å². The van der Waals surface area contributed by atoms with Crippen molar-refractivity contribution in [3.63, 3.8) is 0 Å². The van der Waals surface area contributed by atoms with E-state index in [0.717, 1.165) is 16.1 Å². The highest BCUT2D eigenvalue weighted by atomic mass is 32.2. The van der Waals surface area contributed by atoms with Gasteiger partial charge in [-0.1, -0.05) is 32.9 Å². The van der Waals surface area contributed by atoms with Crippen LogP contribution in [0.5, 0.6) is 0 Å². The Morgan fingerprint density at radius 2 is 1.38 bits per heavy atom. The first kappa shape index (κ1) is 22.4. The summed E-state index contributed by atoms with van der Waals surface area (Å²) in [6.07, 6.45) is 1.07. The molecule has 0 heterocycles. The van der Waals surface area contributed by atoms with Gasteiger partial charge in [0.1, 0.15) is 6.54 Å². The van der Waals surface area contributed by atoms with Crippen molar-refractivity contribution in [1.82, 2.24) is 0 Å². The lowest BCUT2D eigenvalue weighted by Gasteiger charge is -2.24. The molecule has 0 atom stereocenters. The lowest BCUT2D eigenvalue weighted by atomic mass is 9.87. The smallest absolute Gasteiger partial charge is 0.245 e. The first-order valence-corrected chi connectivity index (χ1v) is 11.0. The van der Waals surface area contributed by atoms with Gasteiger partial charge < -0.3 is 10.6 Å². The molecule has 0 radical (unpaired) electrons. The third-order valence-electron chi connectivity index (χ3n) is 4.20. The minimum Gasteiger partial charge on any atom is -0.326 e. The van der Waals surface area contributed by atoms with Crippen molar-refractivity contribution in [2.45, 2.75) is 33.1 Å². The highest BCUT2D eigenvalue weighted by molar-refractivity contribution is 7.92. The summed E-state index contributed by atoms with van der Waals surface area (Å²) < 4.78 is 25.6. The monoisotopic (exact) mass is 417 g/mol. The topological polar surface area (TPSA) is 95.6 Å². The molecule has 0 aromatic heterocycles. The van der Waals surface area contributed by atoms with Gasteiger partial charge in [0, 0.05) is 18.3 Å². The second kappa shape index (κ2) is 8.65. The largest absolute Gasteiger partial charge is 0.326 e. The molecular weight excluding hydrogens is 390 g/mol. The van der Waals surface area contributed by atoms with E-state index in [4.69, 9.17) is 0 Å². The van der Waals surface area contributed by atoms with Crippen LogP contribution >= 0.6 is 0 Å². The Hall–Kier alpha value is -2.87. The van der Waals surface area contributed by atoms with E-state index in [0.29, 0.717) is 17.1 Å². The summed E-state index contributed by atoms with van der Waals surface area (Å²) in [5, 5.41) is 5.31. The molecule has 0 fully saturated rings. The number of anilines is 3. The van der Waals surface area contributed by atoms with Gasteiger partial charge in [0.05, 0.1) is 11.9 Å². The van der Waals surface area contributed by atoms with E-state index >= 15 is 0 Å². The first-order chi connectivity index (χ1) is 13.4. The Kier molecular flexibility index (Phi) is 6.69. The molecule has 0 aliphatic carbocycles. The fourth-order valence-electron chi connectivity index (χ4n) is 2.70. The molecule has 2 aromatic rings. The molecule has 0 saturated heterocycles. The maximum absolute atomic E-state index is 12.4. The van der Waals surface area contributed by atoms with E-state index in [9.17, 15) is 18.0 Å². The summed E-state index contributed by atoms with van der Waals surface area (Å²) >= 11 is 0. The second-order valence-electron chi connectivity index (χ2n) is 7.87. The average molecular weight is 418 g/mol. The third-order valence-corrected chi connectivity index (χ3v) is 5.34. The van der Waals surface area contributed by atoms with Crippen molar-refractivity contribution in [1.29, 1.82) is 0 Å². The van der Waals surface area contributed by atoms with Crippen LogP contribution in [0.3, 0.4) is 0 Å². The van der Waals surface area contributed by atoms with Crippen LogP contribution in [-0.4, -0.2) is 33.0 Å². The molecule has 2 rings (SSSR count). The molecule has 2 aromatic carbocycles. The second-order valence-corrected chi connectivity index (χ2v) is 9.78. The van der Waals surface area contributed by atoms with Crippen LogP contribution in [0.2, 0.25) is 0 Å². The van der Waals surface area contributed by atoms with Crippen molar-refractivity contribution in [3.05, 3.63) is 54.1 Å². The van der Waals surface area contributed by atoms with Gasteiger partial charge in [0.25, 0.3) is 0 Å². The van der Waals surface area contributed by atoms with Crippen molar-refractivity contribution < 1.29 is 18.0 Å². The Morgan fingerprint density at radius 1 is 0.897 bits per heavy atom. The highest BCUT2D eigenvalue weighted by Crippen LogP contribution is 2.26. The molecule has 0 aliphatic rings. The Bertz CT molecular complexity index is 976. The molecule has 2 amide bonds. The SMILES string of the molecule is CC(=O)Nc1ccc(NC(=O)CN(c2ccc(C(C)(C)C)cc2)S(C)(=O)=O)cc1. The number of amides is 2. The molecule has 7 nitrogen and oxygen atoms in total. The molecule has 0 aliphatic heterocycles. The van der Waals surface area contributed by atoms with Crippen molar-refractivity contribution in [3.8, 4) is 0 Å². The summed E-state index contributed by atoms with van der Waals surface area (Å²) in [5.41, 5.74) is 2.54. The van der Waals surface area contributed by atoms with Gasteiger partial charge in [0.2, 0.25) is 21.8 Å². The van der Waals surface area contributed by atoms with E-state index in [1.54, 1.807) is 36.4 Å². The number of sulfonamides is 1. The van der Waals surface area contributed by atoms with Crippen molar-refractivity contribution in [2.24, 2.45) is 0 Å². The number of hydrogen-bond donors (Lipinski definition) is 2. The van der Waals surface area contributed by atoms with Crippen LogP contribution in [0.4, 0.5) is 17.1 Å². The molecule has 29 heavy (non-hydrogen) atoms. The highest BCUT2D eigenvalue weighted by Gasteiger charge is 2.22. The van der Waals surface area contributed by atoms with Crippen LogP contribution < -0.4 is 14.9 Å². The number of nitrogens with zero attached hydrogens (tertiary/aromatic N) is 1. The van der Waals surface area contributed by atoms with Crippen LogP contribution in [-0.2, 0) is 25.0 Å². The van der Waals surface area contributed by atoms with Gasteiger partial charge in [-0.2, -0.15) is 0 Å². The maximum atomic E-state index is 12.4. The maximum Gasteiger partial charge on any atom is 0.245 e. The van der Waals surface area contributed by atoms with Gasteiger partial charge in [-0.15, -0.1) is 0 Å². The van der Waals surface area contributed by atoms with Crippen LogP contribution in [0.25, 0.3) is 0 Å². The van der Waals surface area contributed by atoms with E-state index in [1.807, 2.05) is 12.1 Å². The predicted octanol–water partition coefficient (Wildman–Crippen LogP) is 3.35. The van der Waals surface area contributed by atoms with Gasteiger partial charge in [-0.3, -0.25) is 13.9 Å². The van der Waals surface area contributed by atoms with Crippen LogP contribution in [0.1, 0.15) is 33.3 Å². The summed E-state index contributed by atoms with van der Waals surface area (Å²) in [6, 6.07) is 13.7. The normalized spacial score (nSPS) is 11.6. The standard InChI is InChI=1S/C21H27N3O4S/c1-15(25)22-17-8-10-18(11-9-17)23-20(26)14-24(29(5,27)28)19-12-6-16(7-13-19)21(2,3)4/h6-13H,14H2,1-5H3,(H,22,25)(H,23,26). The molecule has 156 valence electrons. The minimum atomic E-state index is -3.65. The molecular formula is C21H27N3O4S. The fraction of sp³-hybridized carbons (Fsp3) is 0.333. The number of carbonyl (C=O) groups excluding carboxylic acids is 2. The Balaban J connectivity index is 2.14. The van der Waals surface area contributed by atoms with Crippen molar-refractivity contribution >= 4 is 38.9 Å². The quantitative estimate of drug-likeness (QED) is 0.753. The molecule has 0 bridgehead atoms. The van der Waals surface area contributed by atoms with Gasteiger partial charge >= 0.3 is 0 Å². The summed E-state index contributed by atoms with van der Waals surface area (Å²) in [7, 11) is -3.65. The van der Waals surface area contributed by atoms with Gasteiger partial charge in [-0.25, -0.2) is 8.42 Å². The summed E-state index contributed by atoms with van der Waals surface area (Å²) in [4.78, 5) is 23.5.